The standard InChI is InChI=1S/C12H21N3O2S/c1-9(2)15-5-3-11(14-15)7-12(13)10-4-6-18(16,17)8-10/h3,5,9-10,12H,4,6-8,13H2,1-2H3. The van der Waals surface area contributed by atoms with Gasteiger partial charge in [0.2, 0.25) is 0 Å². The van der Waals surface area contributed by atoms with Gasteiger partial charge in [0.05, 0.1) is 17.2 Å². The van der Waals surface area contributed by atoms with Crippen molar-refractivity contribution in [2.45, 2.75) is 38.8 Å². The molecule has 0 aliphatic carbocycles. The highest BCUT2D eigenvalue weighted by Gasteiger charge is 2.32. The van der Waals surface area contributed by atoms with Crippen LogP contribution in [0.2, 0.25) is 0 Å². The van der Waals surface area contributed by atoms with Crippen LogP contribution in [0.1, 0.15) is 32.0 Å². The SMILES string of the molecule is CC(C)n1ccc(CC(N)C2CCS(=O)(=O)C2)n1. The van der Waals surface area contributed by atoms with Gasteiger partial charge in [-0.2, -0.15) is 5.10 Å². The summed E-state index contributed by atoms with van der Waals surface area (Å²) in [6.07, 6.45) is 3.28. The molecule has 0 radical (unpaired) electrons. The molecule has 1 saturated heterocycles. The van der Waals surface area contributed by atoms with Gasteiger partial charge in [0.25, 0.3) is 0 Å². The number of hydrogen-bond donors (Lipinski definition) is 1. The van der Waals surface area contributed by atoms with E-state index in [4.69, 9.17) is 5.73 Å². The average molecular weight is 271 g/mol. The second kappa shape index (κ2) is 5.01. The molecular formula is C12H21N3O2S. The molecule has 1 aliphatic heterocycles. The predicted octanol–water partition coefficient (Wildman–Crippen LogP) is 0.769. The smallest absolute Gasteiger partial charge is 0.150 e. The van der Waals surface area contributed by atoms with Crippen LogP contribution < -0.4 is 5.73 Å². The van der Waals surface area contributed by atoms with E-state index in [1.165, 1.54) is 0 Å². The normalized spacial score (nSPS) is 24.6. The summed E-state index contributed by atoms with van der Waals surface area (Å²) in [5, 5.41) is 4.44. The highest BCUT2D eigenvalue weighted by Crippen LogP contribution is 2.22. The maximum absolute atomic E-state index is 11.4. The van der Waals surface area contributed by atoms with Crippen molar-refractivity contribution in [3.63, 3.8) is 0 Å². The molecule has 1 aromatic heterocycles. The van der Waals surface area contributed by atoms with E-state index in [1.807, 2.05) is 16.9 Å². The van der Waals surface area contributed by atoms with Crippen LogP contribution in [0.5, 0.6) is 0 Å². The van der Waals surface area contributed by atoms with Crippen LogP contribution in [-0.4, -0.2) is 35.7 Å². The topological polar surface area (TPSA) is 78.0 Å². The van der Waals surface area contributed by atoms with E-state index in [1.54, 1.807) is 0 Å². The van der Waals surface area contributed by atoms with Crippen molar-refractivity contribution in [3.05, 3.63) is 18.0 Å². The van der Waals surface area contributed by atoms with Gasteiger partial charge in [-0.15, -0.1) is 0 Å². The van der Waals surface area contributed by atoms with Crippen molar-refractivity contribution in [2.24, 2.45) is 11.7 Å². The number of aromatic nitrogens is 2. The van der Waals surface area contributed by atoms with Crippen LogP contribution in [0, 0.1) is 5.92 Å². The third kappa shape index (κ3) is 3.11. The van der Waals surface area contributed by atoms with E-state index in [0.29, 0.717) is 18.9 Å². The molecule has 2 unspecified atom stereocenters. The van der Waals surface area contributed by atoms with Gasteiger partial charge >= 0.3 is 0 Å². The van der Waals surface area contributed by atoms with Gasteiger partial charge < -0.3 is 5.73 Å². The second-order valence-corrected chi connectivity index (χ2v) is 7.64. The summed E-state index contributed by atoms with van der Waals surface area (Å²) >= 11 is 0. The van der Waals surface area contributed by atoms with Gasteiger partial charge in [-0.05, 0) is 32.3 Å². The molecule has 0 bridgehead atoms. The minimum Gasteiger partial charge on any atom is -0.327 e. The van der Waals surface area contributed by atoms with Gasteiger partial charge in [0.1, 0.15) is 0 Å². The molecule has 2 heterocycles. The Morgan fingerprint density at radius 3 is 2.78 bits per heavy atom. The Kier molecular flexibility index (Phi) is 3.77. The lowest BCUT2D eigenvalue weighted by Gasteiger charge is -2.16. The minimum atomic E-state index is -2.85. The first kappa shape index (κ1) is 13.5. The lowest BCUT2D eigenvalue weighted by Crippen LogP contribution is -2.33. The summed E-state index contributed by atoms with van der Waals surface area (Å²) in [5.74, 6) is 0.601. The minimum absolute atomic E-state index is 0.0826. The lowest BCUT2D eigenvalue weighted by molar-refractivity contribution is 0.451. The molecule has 6 heteroatoms. The van der Waals surface area contributed by atoms with Gasteiger partial charge in [0.15, 0.2) is 9.84 Å². The van der Waals surface area contributed by atoms with Gasteiger partial charge in [0, 0.05) is 24.7 Å². The summed E-state index contributed by atoms with van der Waals surface area (Å²) in [7, 11) is -2.85. The Hall–Kier alpha value is -0.880. The van der Waals surface area contributed by atoms with E-state index in [9.17, 15) is 8.42 Å². The first-order chi connectivity index (χ1) is 8.37. The Balaban J connectivity index is 1.97. The molecule has 1 fully saturated rings. The summed E-state index contributed by atoms with van der Waals surface area (Å²) in [4.78, 5) is 0. The Bertz CT molecular complexity index is 507. The van der Waals surface area contributed by atoms with Crippen LogP contribution in [0.25, 0.3) is 0 Å². The highest BCUT2D eigenvalue weighted by atomic mass is 32.2. The van der Waals surface area contributed by atoms with Crippen LogP contribution in [0.3, 0.4) is 0 Å². The van der Waals surface area contributed by atoms with Gasteiger partial charge in [-0.3, -0.25) is 4.68 Å². The highest BCUT2D eigenvalue weighted by molar-refractivity contribution is 7.91. The lowest BCUT2D eigenvalue weighted by atomic mass is 9.96. The predicted molar refractivity (Wildman–Crippen MR) is 71.1 cm³/mol. The van der Waals surface area contributed by atoms with Gasteiger partial charge in [-0.25, -0.2) is 8.42 Å². The van der Waals surface area contributed by atoms with Crippen molar-refractivity contribution >= 4 is 9.84 Å². The number of hydrogen-bond acceptors (Lipinski definition) is 4. The maximum Gasteiger partial charge on any atom is 0.150 e. The fourth-order valence-electron chi connectivity index (χ4n) is 2.34. The molecule has 102 valence electrons. The number of rotatable bonds is 4. The Labute approximate surface area is 108 Å². The number of nitrogens with two attached hydrogens (primary N) is 1. The van der Waals surface area contributed by atoms with Crippen LogP contribution in [0.4, 0.5) is 0 Å². The van der Waals surface area contributed by atoms with E-state index >= 15 is 0 Å². The van der Waals surface area contributed by atoms with E-state index in [2.05, 4.69) is 18.9 Å². The van der Waals surface area contributed by atoms with Crippen molar-refractivity contribution in [2.75, 3.05) is 11.5 Å². The number of nitrogens with zero attached hydrogens (tertiary/aromatic N) is 2. The van der Waals surface area contributed by atoms with Gasteiger partial charge in [-0.1, -0.05) is 0 Å². The molecule has 2 rings (SSSR count). The van der Waals surface area contributed by atoms with E-state index in [-0.39, 0.29) is 23.5 Å². The Morgan fingerprint density at radius 2 is 2.28 bits per heavy atom. The zero-order chi connectivity index (χ0) is 13.3. The molecule has 18 heavy (non-hydrogen) atoms. The molecule has 2 N–H and O–H groups in total. The van der Waals surface area contributed by atoms with E-state index < -0.39 is 9.84 Å². The summed E-state index contributed by atoms with van der Waals surface area (Å²) in [6, 6.07) is 2.18. The summed E-state index contributed by atoms with van der Waals surface area (Å²) in [6.45, 7) is 4.14. The zero-order valence-corrected chi connectivity index (χ0v) is 11.7. The molecule has 5 nitrogen and oxygen atoms in total. The number of sulfone groups is 1. The van der Waals surface area contributed by atoms with Crippen molar-refractivity contribution < 1.29 is 8.42 Å². The maximum atomic E-state index is 11.4. The molecule has 0 aromatic carbocycles. The average Bonchev–Trinajstić information content (AvgIpc) is 2.84. The molecule has 0 spiro atoms. The molecule has 2 atom stereocenters. The van der Waals surface area contributed by atoms with Crippen LogP contribution >= 0.6 is 0 Å². The summed E-state index contributed by atoms with van der Waals surface area (Å²) in [5.41, 5.74) is 7.05. The molecule has 0 amide bonds. The molecule has 1 aromatic rings. The third-order valence-electron chi connectivity index (χ3n) is 3.51. The largest absolute Gasteiger partial charge is 0.327 e. The van der Waals surface area contributed by atoms with Crippen LogP contribution in [-0.2, 0) is 16.3 Å². The second-order valence-electron chi connectivity index (χ2n) is 5.41. The first-order valence-corrected chi connectivity index (χ1v) is 8.19. The van der Waals surface area contributed by atoms with Crippen molar-refractivity contribution in [1.29, 1.82) is 0 Å². The molecule has 1 aliphatic rings. The molecular weight excluding hydrogens is 250 g/mol. The quantitative estimate of drug-likeness (QED) is 0.877. The first-order valence-electron chi connectivity index (χ1n) is 6.37. The monoisotopic (exact) mass is 271 g/mol. The third-order valence-corrected chi connectivity index (χ3v) is 5.30. The molecule has 0 saturated carbocycles. The fourth-order valence-corrected chi connectivity index (χ4v) is 4.24. The Morgan fingerprint density at radius 1 is 1.56 bits per heavy atom. The van der Waals surface area contributed by atoms with Crippen LogP contribution in [0.15, 0.2) is 12.3 Å². The van der Waals surface area contributed by atoms with E-state index in [0.717, 1.165) is 5.69 Å². The van der Waals surface area contributed by atoms with Crippen molar-refractivity contribution in [1.82, 2.24) is 9.78 Å². The zero-order valence-electron chi connectivity index (χ0n) is 10.9. The fraction of sp³-hybridized carbons (Fsp3) is 0.750. The van der Waals surface area contributed by atoms with Crippen molar-refractivity contribution in [3.8, 4) is 0 Å². The summed E-state index contributed by atoms with van der Waals surface area (Å²) < 4.78 is 24.7.